The van der Waals surface area contributed by atoms with Gasteiger partial charge in [-0.25, -0.2) is 4.79 Å². The Labute approximate surface area is 209 Å². The van der Waals surface area contributed by atoms with Gasteiger partial charge in [0, 0.05) is 12.2 Å². The lowest BCUT2D eigenvalue weighted by atomic mass is 10.1. The normalized spacial score (nSPS) is 15.3. The maximum atomic E-state index is 13.4. The Morgan fingerprint density at radius 2 is 1.46 bits per heavy atom. The largest absolute Gasteiger partial charge is 0.465 e. The highest BCUT2D eigenvalue weighted by Crippen LogP contribution is 2.26. The maximum Gasteiger partial charge on any atom is 0.337 e. The fourth-order valence-electron chi connectivity index (χ4n) is 3.96. The highest BCUT2D eigenvalue weighted by molar-refractivity contribution is 7.80. The minimum Gasteiger partial charge on any atom is -0.465 e. The molecular weight excluding hydrogens is 462 g/mol. The van der Waals surface area contributed by atoms with Gasteiger partial charge in [-0.3, -0.25) is 14.5 Å². The van der Waals surface area contributed by atoms with Crippen molar-refractivity contribution < 1.29 is 19.1 Å². The second kappa shape index (κ2) is 10.9. The number of nitrogens with zero attached hydrogens (tertiary/aromatic N) is 2. The van der Waals surface area contributed by atoms with Crippen LogP contribution in [-0.2, 0) is 27.4 Å². The molecule has 7 nitrogen and oxygen atoms in total. The lowest BCUT2D eigenvalue weighted by molar-refractivity contribution is -0.131. The predicted molar refractivity (Wildman–Crippen MR) is 136 cm³/mol. The van der Waals surface area contributed by atoms with Crippen molar-refractivity contribution in [1.82, 2.24) is 9.80 Å². The maximum absolute atomic E-state index is 13.4. The van der Waals surface area contributed by atoms with Crippen molar-refractivity contribution in [2.75, 3.05) is 12.4 Å². The average Bonchev–Trinajstić information content (AvgIpc) is 3.09. The van der Waals surface area contributed by atoms with Crippen LogP contribution in [0.2, 0.25) is 0 Å². The van der Waals surface area contributed by atoms with Crippen molar-refractivity contribution in [2.45, 2.75) is 25.6 Å². The molecule has 0 radical (unpaired) electrons. The zero-order valence-corrected chi connectivity index (χ0v) is 20.0. The number of rotatable bonds is 8. The van der Waals surface area contributed by atoms with Crippen LogP contribution in [0.3, 0.4) is 0 Å². The number of ether oxygens (including phenoxy) is 1. The Morgan fingerprint density at radius 1 is 0.886 bits per heavy atom. The van der Waals surface area contributed by atoms with E-state index in [9.17, 15) is 14.4 Å². The number of thiocarbonyl (C=S) groups is 1. The van der Waals surface area contributed by atoms with E-state index >= 15 is 0 Å². The summed E-state index contributed by atoms with van der Waals surface area (Å²) in [6.45, 7) is 0.763. The highest BCUT2D eigenvalue weighted by Gasteiger charge is 2.43. The first-order chi connectivity index (χ1) is 17.0. The molecule has 1 fully saturated rings. The number of carbonyl (C=O) groups is 3. The molecular formula is C27H25N3O4S. The molecule has 1 unspecified atom stereocenters. The lowest BCUT2D eigenvalue weighted by Gasteiger charge is -2.24. The fourth-order valence-corrected chi connectivity index (χ4v) is 4.30. The molecule has 178 valence electrons. The van der Waals surface area contributed by atoms with Crippen LogP contribution >= 0.6 is 12.2 Å². The van der Waals surface area contributed by atoms with E-state index in [1.54, 1.807) is 29.2 Å². The van der Waals surface area contributed by atoms with Crippen molar-refractivity contribution in [1.29, 1.82) is 0 Å². The summed E-state index contributed by atoms with van der Waals surface area (Å²) in [6, 6.07) is 25.0. The third-order valence-corrected chi connectivity index (χ3v) is 6.21. The molecule has 1 saturated heterocycles. The second-order valence-electron chi connectivity index (χ2n) is 8.14. The number of anilines is 1. The van der Waals surface area contributed by atoms with Gasteiger partial charge in [0.15, 0.2) is 5.11 Å². The molecule has 1 aliphatic rings. The first-order valence-electron chi connectivity index (χ1n) is 11.1. The Morgan fingerprint density at radius 3 is 2.03 bits per heavy atom. The summed E-state index contributed by atoms with van der Waals surface area (Å²) in [5, 5.41) is 3.21. The van der Waals surface area contributed by atoms with Crippen LogP contribution in [0.15, 0.2) is 84.9 Å². The van der Waals surface area contributed by atoms with Crippen LogP contribution in [0.1, 0.15) is 27.9 Å². The smallest absolute Gasteiger partial charge is 0.337 e. The van der Waals surface area contributed by atoms with Gasteiger partial charge in [0.1, 0.15) is 6.04 Å². The van der Waals surface area contributed by atoms with E-state index in [-0.39, 0.29) is 18.2 Å². The number of benzene rings is 3. The minimum atomic E-state index is -0.722. The Kier molecular flexibility index (Phi) is 7.52. The van der Waals surface area contributed by atoms with Crippen LogP contribution in [0, 0.1) is 0 Å². The van der Waals surface area contributed by atoms with Crippen molar-refractivity contribution in [3.63, 3.8) is 0 Å². The zero-order chi connectivity index (χ0) is 24.8. The molecule has 1 aliphatic heterocycles. The molecule has 3 aromatic rings. The summed E-state index contributed by atoms with van der Waals surface area (Å²) >= 11 is 5.70. The monoisotopic (exact) mass is 487 g/mol. The van der Waals surface area contributed by atoms with Crippen LogP contribution in [0.25, 0.3) is 0 Å². The highest BCUT2D eigenvalue weighted by atomic mass is 32.1. The number of hydrogen-bond donors (Lipinski definition) is 1. The molecule has 1 atom stereocenters. The van der Waals surface area contributed by atoms with E-state index in [1.165, 1.54) is 7.11 Å². The third-order valence-electron chi connectivity index (χ3n) is 5.75. The molecule has 0 bridgehead atoms. The van der Waals surface area contributed by atoms with Crippen molar-refractivity contribution in [2.24, 2.45) is 0 Å². The standard InChI is InChI=1S/C27H25N3O4S/c1-34-26(33)21-12-14-22(15-13-21)28-24(31)16-23-25(32)30(18-20-10-6-3-7-11-20)27(35)29(23)17-19-8-4-2-5-9-19/h2-15,23H,16-18H2,1H3,(H,28,31). The third kappa shape index (κ3) is 5.73. The molecule has 0 spiro atoms. The van der Waals surface area contributed by atoms with E-state index in [4.69, 9.17) is 17.0 Å². The Hall–Kier alpha value is -4.04. The number of methoxy groups -OCH3 is 1. The summed E-state index contributed by atoms with van der Waals surface area (Å²) in [5.74, 6) is -0.981. The van der Waals surface area contributed by atoms with Gasteiger partial charge in [0.05, 0.1) is 25.6 Å². The molecule has 0 saturated carbocycles. The second-order valence-corrected chi connectivity index (χ2v) is 8.51. The zero-order valence-electron chi connectivity index (χ0n) is 19.2. The predicted octanol–water partition coefficient (Wildman–Crippen LogP) is 4.00. The summed E-state index contributed by atoms with van der Waals surface area (Å²) in [5.41, 5.74) is 2.85. The SMILES string of the molecule is COC(=O)c1ccc(NC(=O)CC2C(=O)N(Cc3ccccc3)C(=S)N2Cc2ccccc2)cc1. The molecule has 0 aromatic heterocycles. The molecule has 1 heterocycles. The van der Waals surface area contributed by atoms with Gasteiger partial charge in [-0.05, 0) is 47.6 Å². The van der Waals surface area contributed by atoms with Crippen molar-refractivity contribution in [3.8, 4) is 0 Å². The van der Waals surface area contributed by atoms with Gasteiger partial charge >= 0.3 is 5.97 Å². The molecule has 35 heavy (non-hydrogen) atoms. The molecule has 4 rings (SSSR count). The topological polar surface area (TPSA) is 78.9 Å². The van der Waals surface area contributed by atoms with Crippen molar-refractivity contribution >= 4 is 40.8 Å². The quantitative estimate of drug-likeness (QED) is 0.382. The summed E-state index contributed by atoms with van der Waals surface area (Å²) in [4.78, 5) is 41.3. The number of esters is 1. The van der Waals surface area contributed by atoms with Crippen LogP contribution in [0.4, 0.5) is 5.69 Å². The van der Waals surface area contributed by atoms with Crippen LogP contribution in [-0.4, -0.2) is 45.8 Å². The first-order valence-corrected chi connectivity index (χ1v) is 11.5. The van der Waals surface area contributed by atoms with E-state index < -0.39 is 12.0 Å². The Bertz CT molecular complexity index is 1220. The summed E-state index contributed by atoms with van der Waals surface area (Å²) in [6.07, 6.45) is -0.0597. The number of hydrogen-bond acceptors (Lipinski definition) is 5. The summed E-state index contributed by atoms with van der Waals surface area (Å²) in [7, 11) is 1.31. The van der Waals surface area contributed by atoms with Crippen LogP contribution in [0.5, 0.6) is 0 Å². The lowest BCUT2D eigenvalue weighted by Crippen LogP contribution is -2.37. The van der Waals surface area contributed by atoms with Gasteiger partial charge in [-0.2, -0.15) is 0 Å². The van der Waals surface area contributed by atoms with Gasteiger partial charge in [0.2, 0.25) is 5.91 Å². The molecule has 3 aromatic carbocycles. The van der Waals surface area contributed by atoms with Gasteiger partial charge in [-0.15, -0.1) is 0 Å². The molecule has 8 heteroatoms. The van der Waals surface area contributed by atoms with Gasteiger partial charge in [-0.1, -0.05) is 60.7 Å². The molecule has 0 aliphatic carbocycles. The minimum absolute atomic E-state index is 0.0597. The Balaban J connectivity index is 1.51. The molecule has 2 amide bonds. The van der Waals surface area contributed by atoms with Crippen molar-refractivity contribution in [3.05, 3.63) is 102 Å². The molecule has 1 N–H and O–H groups in total. The number of carbonyl (C=O) groups excluding carboxylic acids is 3. The number of nitrogens with one attached hydrogen (secondary N) is 1. The van der Waals surface area contributed by atoms with E-state index in [2.05, 4.69) is 5.32 Å². The van der Waals surface area contributed by atoms with Gasteiger partial charge < -0.3 is 15.0 Å². The van der Waals surface area contributed by atoms with Gasteiger partial charge in [0.25, 0.3) is 5.91 Å². The number of amides is 2. The van der Waals surface area contributed by atoms with E-state index in [0.29, 0.717) is 29.5 Å². The van der Waals surface area contributed by atoms with E-state index in [0.717, 1.165) is 11.1 Å². The van der Waals surface area contributed by atoms with E-state index in [1.807, 2.05) is 65.6 Å². The summed E-state index contributed by atoms with van der Waals surface area (Å²) < 4.78 is 4.69. The van der Waals surface area contributed by atoms with Crippen LogP contribution < -0.4 is 5.32 Å². The fraction of sp³-hybridized carbons (Fsp3) is 0.185. The first kappa shape index (κ1) is 24.1. The average molecular weight is 488 g/mol.